The zero-order chi connectivity index (χ0) is 14.2. The number of rotatable bonds is 2. The fourth-order valence-electron chi connectivity index (χ4n) is 1.74. The standard InChI is InChI=1S/C15H11ClF2O/c1-8-3-5-10(7-11(8)16)15(19)13-12(17)6-4-9(2)14(13)18/h3-7H,1-2H3. The first-order valence-corrected chi connectivity index (χ1v) is 6.05. The van der Waals surface area contributed by atoms with Gasteiger partial charge in [-0.1, -0.05) is 29.8 Å². The molecule has 0 bridgehead atoms. The molecule has 0 N–H and O–H groups in total. The van der Waals surface area contributed by atoms with Gasteiger partial charge in [0, 0.05) is 10.6 Å². The summed E-state index contributed by atoms with van der Waals surface area (Å²) < 4.78 is 27.5. The van der Waals surface area contributed by atoms with E-state index < -0.39 is 23.0 Å². The second kappa shape index (κ2) is 5.10. The molecular formula is C15H11ClF2O. The number of hydrogen-bond acceptors (Lipinski definition) is 1. The summed E-state index contributed by atoms with van der Waals surface area (Å²) in [6.45, 7) is 3.26. The van der Waals surface area contributed by atoms with E-state index in [0.717, 1.165) is 11.6 Å². The highest BCUT2D eigenvalue weighted by Gasteiger charge is 2.20. The van der Waals surface area contributed by atoms with E-state index in [4.69, 9.17) is 11.6 Å². The molecule has 0 aromatic heterocycles. The Labute approximate surface area is 114 Å². The van der Waals surface area contributed by atoms with Crippen LogP contribution < -0.4 is 0 Å². The van der Waals surface area contributed by atoms with Crippen LogP contribution in [0.2, 0.25) is 5.02 Å². The molecule has 2 aromatic rings. The summed E-state index contributed by atoms with van der Waals surface area (Å²) in [4.78, 5) is 12.2. The van der Waals surface area contributed by atoms with Crippen LogP contribution in [0.5, 0.6) is 0 Å². The van der Waals surface area contributed by atoms with Crippen LogP contribution in [0.1, 0.15) is 27.0 Å². The zero-order valence-electron chi connectivity index (χ0n) is 10.4. The zero-order valence-corrected chi connectivity index (χ0v) is 11.2. The van der Waals surface area contributed by atoms with Crippen molar-refractivity contribution in [2.75, 3.05) is 0 Å². The highest BCUT2D eigenvalue weighted by molar-refractivity contribution is 6.31. The quantitative estimate of drug-likeness (QED) is 0.742. The number of carbonyl (C=O) groups is 1. The monoisotopic (exact) mass is 280 g/mol. The van der Waals surface area contributed by atoms with Gasteiger partial charge >= 0.3 is 0 Å². The lowest BCUT2D eigenvalue weighted by atomic mass is 9.99. The summed E-state index contributed by atoms with van der Waals surface area (Å²) in [7, 11) is 0. The average molecular weight is 281 g/mol. The molecule has 1 nitrogen and oxygen atoms in total. The van der Waals surface area contributed by atoms with Crippen LogP contribution in [0.25, 0.3) is 0 Å². The number of carbonyl (C=O) groups excluding carboxylic acids is 1. The van der Waals surface area contributed by atoms with E-state index in [-0.39, 0.29) is 11.1 Å². The lowest BCUT2D eigenvalue weighted by Crippen LogP contribution is -2.09. The molecule has 0 heterocycles. The van der Waals surface area contributed by atoms with E-state index in [0.29, 0.717) is 5.02 Å². The molecule has 0 saturated heterocycles. The van der Waals surface area contributed by atoms with Crippen LogP contribution >= 0.6 is 11.6 Å². The molecule has 0 aliphatic rings. The van der Waals surface area contributed by atoms with Crippen molar-refractivity contribution in [1.29, 1.82) is 0 Å². The molecule has 0 unspecified atom stereocenters. The predicted octanol–water partition coefficient (Wildman–Crippen LogP) is 4.47. The fourth-order valence-corrected chi connectivity index (χ4v) is 1.92. The highest BCUT2D eigenvalue weighted by atomic mass is 35.5. The maximum Gasteiger partial charge on any atom is 0.199 e. The molecule has 0 aliphatic heterocycles. The van der Waals surface area contributed by atoms with Gasteiger partial charge in [-0.3, -0.25) is 4.79 Å². The lowest BCUT2D eigenvalue weighted by Gasteiger charge is -2.07. The maximum absolute atomic E-state index is 13.9. The first-order chi connectivity index (χ1) is 8.91. The van der Waals surface area contributed by atoms with Gasteiger partial charge in [-0.2, -0.15) is 0 Å². The average Bonchev–Trinajstić information content (AvgIpc) is 2.37. The second-order valence-corrected chi connectivity index (χ2v) is 4.75. The first kappa shape index (κ1) is 13.7. The Hall–Kier alpha value is -1.74. The van der Waals surface area contributed by atoms with Crippen molar-refractivity contribution in [3.8, 4) is 0 Å². The van der Waals surface area contributed by atoms with Crippen molar-refractivity contribution in [3.05, 3.63) is 69.2 Å². The van der Waals surface area contributed by atoms with Crippen molar-refractivity contribution in [2.24, 2.45) is 0 Å². The lowest BCUT2D eigenvalue weighted by molar-refractivity contribution is 0.103. The van der Waals surface area contributed by atoms with Gasteiger partial charge in [-0.25, -0.2) is 8.78 Å². The topological polar surface area (TPSA) is 17.1 Å². The Balaban J connectivity index is 2.56. The molecule has 0 fully saturated rings. The number of aryl methyl sites for hydroxylation is 2. The minimum absolute atomic E-state index is 0.166. The molecule has 0 spiro atoms. The van der Waals surface area contributed by atoms with Gasteiger partial charge in [0.25, 0.3) is 0 Å². The van der Waals surface area contributed by atoms with Gasteiger partial charge in [-0.15, -0.1) is 0 Å². The molecule has 0 atom stereocenters. The summed E-state index contributed by atoms with van der Waals surface area (Å²) >= 11 is 5.92. The normalized spacial score (nSPS) is 10.6. The highest BCUT2D eigenvalue weighted by Crippen LogP contribution is 2.23. The van der Waals surface area contributed by atoms with E-state index in [1.54, 1.807) is 13.0 Å². The molecule has 2 rings (SSSR count). The maximum atomic E-state index is 13.9. The number of halogens is 3. The van der Waals surface area contributed by atoms with Gasteiger partial charge in [-0.05, 0) is 37.1 Å². The van der Waals surface area contributed by atoms with Crippen LogP contribution in [0.3, 0.4) is 0 Å². The molecule has 0 saturated carbocycles. The van der Waals surface area contributed by atoms with E-state index in [2.05, 4.69) is 0 Å². The molecule has 2 aromatic carbocycles. The van der Waals surface area contributed by atoms with Crippen LogP contribution in [0.4, 0.5) is 8.78 Å². The Morgan fingerprint density at radius 3 is 2.32 bits per heavy atom. The molecule has 98 valence electrons. The molecule has 4 heteroatoms. The summed E-state index contributed by atoms with van der Waals surface area (Å²) in [5.74, 6) is -2.41. The third-order valence-corrected chi connectivity index (χ3v) is 3.35. The molecule has 19 heavy (non-hydrogen) atoms. The summed E-state index contributed by atoms with van der Waals surface area (Å²) in [6.07, 6.45) is 0. The van der Waals surface area contributed by atoms with E-state index in [1.165, 1.54) is 25.1 Å². The SMILES string of the molecule is Cc1ccc(C(=O)c2c(F)ccc(C)c2F)cc1Cl. The van der Waals surface area contributed by atoms with Gasteiger partial charge in [0.2, 0.25) is 0 Å². The van der Waals surface area contributed by atoms with E-state index in [9.17, 15) is 13.6 Å². The summed E-state index contributed by atoms with van der Waals surface area (Å²) in [5, 5.41) is 0.388. The second-order valence-electron chi connectivity index (χ2n) is 4.35. The van der Waals surface area contributed by atoms with E-state index >= 15 is 0 Å². The smallest absolute Gasteiger partial charge is 0.199 e. The number of ketones is 1. The minimum Gasteiger partial charge on any atom is -0.288 e. The van der Waals surface area contributed by atoms with Crippen molar-refractivity contribution >= 4 is 17.4 Å². The largest absolute Gasteiger partial charge is 0.288 e. The van der Waals surface area contributed by atoms with Crippen LogP contribution in [-0.4, -0.2) is 5.78 Å². The number of benzene rings is 2. The van der Waals surface area contributed by atoms with Crippen molar-refractivity contribution in [1.82, 2.24) is 0 Å². The Morgan fingerprint density at radius 1 is 1.05 bits per heavy atom. The predicted molar refractivity (Wildman–Crippen MR) is 70.7 cm³/mol. The van der Waals surface area contributed by atoms with Gasteiger partial charge in [0.15, 0.2) is 5.78 Å². The molecule has 0 radical (unpaired) electrons. The Morgan fingerprint density at radius 2 is 1.68 bits per heavy atom. The molecule has 0 amide bonds. The third kappa shape index (κ3) is 2.51. The van der Waals surface area contributed by atoms with Gasteiger partial charge in [0.05, 0.1) is 5.56 Å². The third-order valence-electron chi connectivity index (χ3n) is 2.95. The molecule has 0 aliphatic carbocycles. The van der Waals surface area contributed by atoms with Crippen molar-refractivity contribution in [3.63, 3.8) is 0 Å². The summed E-state index contributed by atoms with van der Waals surface area (Å²) in [5.41, 5.74) is 0.644. The Bertz CT molecular complexity index is 665. The van der Waals surface area contributed by atoms with E-state index in [1.807, 2.05) is 0 Å². The first-order valence-electron chi connectivity index (χ1n) is 5.67. The van der Waals surface area contributed by atoms with Crippen molar-refractivity contribution < 1.29 is 13.6 Å². The minimum atomic E-state index is -0.871. The van der Waals surface area contributed by atoms with Gasteiger partial charge < -0.3 is 0 Å². The van der Waals surface area contributed by atoms with Gasteiger partial charge in [0.1, 0.15) is 11.6 Å². The number of hydrogen-bond donors (Lipinski definition) is 0. The van der Waals surface area contributed by atoms with Crippen LogP contribution in [-0.2, 0) is 0 Å². The summed E-state index contributed by atoms with van der Waals surface area (Å²) in [6, 6.07) is 6.94. The van der Waals surface area contributed by atoms with Crippen LogP contribution in [0, 0.1) is 25.5 Å². The Kier molecular flexibility index (Phi) is 3.67. The van der Waals surface area contributed by atoms with Crippen molar-refractivity contribution in [2.45, 2.75) is 13.8 Å². The fraction of sp³-hybridized carbons (Fsp3) is 0.133. The van der Waals surface area contributed by atoms with Crippen LogP contribution in [0.15, 0.2) is 30.3 Å². The molecular weight excluding hydrogens is 270 g/mol.